The largest absolute Gasteiger partial charge is 0.497 e. The van der Waals surface area contributed by atoms with Gasteiger partial charge in [-0.25, -0.2) is 0 Å². The summed E-state index contributed by atoms with van der Waals surface area (Å²) >= 11 is 0. The zero-order chi connectivity index (χ0) is 11.5. The summed E-state index contributed by atoms with van der Waals surface area (Å²) in [6.07, 6.45) is 1.03. The van der Waals surface area contributed by atoms with Gasteiger partial charge in [0, 0.05) is 12.5 Å². The predicted octanol–water partition coefficient (Wildman–Crippen LogP) is 1.97. The van der Waals surface area contributed by atoms with E-state index < -0.39 is 0 Å². The molecule has 2 rings (SSSR count). The fourth-order valence-electron chi connectivity index (χ4n) is 1.79. The first-order valence-corrected chi connectivity index (χ1v) is 5.61. The smallest absolute Gasteiger partial charge is 0.223 e. The molecule has 1 N–H and O–H groups in total. The van der Waals surface area contributed by atoms with Crippen LogP contribution in [0.25, 0.3) is 0 Å². The monoisotopic (exact) mass is 219 g/mol. The highest BCUT2D eigenvalue weighted by atomic mass is 16.5. The van der Waals surface area contributed by atoms with Crippen molar-refractivity contribution in [3.8, 4) is 5.75 Å². The van der Waals surface area contributed by atoms with Gasteiger partial charge in [-0.1, -0.05) is 19.1 Å². The average molecular weight is 219 g/mol. The molecule has 0 radical (unpaired) electrons. The van der Waals surface area contributed by atoms with Gasteiger partial charge in [0.05, 0.1) is 7.11 Å². The van der Waals surface area contributed by atoms with E-state index in [-0.39, 0.29) is 11.8 Å². The number of methoxy groups -OCH3 is 1. The van der Waals surface area contributed by atoms with E-state index in [0.29, 0.717) is 12.5 Å². The molecule has 0 aliphatic heterocycles. The van der Waals surface area contributed by atoms with Crippen molar-refractivity contribution in [3.63, 3.8) is 0 Å². The van der Waals surface area contributed by atoms with Crippen LogP contribution in [0.3, 0.4) is 0 Å². The molecule has 0 bridgehead atoms. The molecule has 1 fully saturated rings. The summed E-state index contributed by atoms with van der Waals surface area (Å²) in [4.78, 5) is 11.6. The highest BCUT2D eigenvalue weighted by molar-refractivity contribution is 5.81. The number of hydrogen-bond acceptors (Lipinski definition) is 2. The zero-order valence-corrected chi connectivity index (χ0v) is 9.69. The van der Waals surface area contributed by atoms with Crippen LogP contribution in [0.4, 0.5) is 0 Å². The molecule has 1 aromatic carbocycles. The van der Waals surface area contributed by atoms with Crippen LogP contribution in [0.2, 0.25) is 0 Å². The quantitative estimate of drug-likeness (QED) is 0.840. The van der Waals surface area contributed by atoms with Crippen LogP contribution in [0, 0.1) is 11.8 Å². The van der Waals surface area contributed by atoms with Crippen molar-refractivity contribution in [3.05, 3.63) is 29.8 Å². The standard InChI is InChI=1S/C13H17NO2/c1-9-6-12(9)13(15)14-8-10-4-3-5-11(7-10)16-2/h3-5,7,9,12H,6,8H2,1-2H3,(H,14,15). The van der Waals surface area contributed by atoms with Crippen LogP contribution in [0.15, 0.2) is 24.3 Å². The van der Waals surface area contributed by atoms with Crippen LogP contribution in [-0.4, -0.2) is 13.0 Å². The van der Waals surface area contributed by atoms with Gasteiger partial charge in [-0.3, -0.25) is 4.79 Å². The van der Waals surface area contributed by atoms with E-state index in [1.54, 1.807) is 7.11 Å². The molecule has 0 saturated heterocycles. The molecule has 1 aliphatic carbocycles. The first-order valence-electron chi connectivity index (χ1n) is 5.61. The van der Waals surface area contributed by atoms with Gasteiger partial charge in [0.25, 0.3) is 0 Å². The molecule has 3 nitrogen and oxygen atoms in total. The maximum absolute atomic E-state index is 11.6. The lowest BCUT2D eigenvalue weighted by Crippen LogP contribution is -2.24. The Labute approximate surface area is 95.8 Å². The van der Waals surface area contributed by atoms with Gasteiger partial charge >= 0.3 is 0 Å². The van der Waals surface area contributed by atoms with Crippen molar-refractivity contribution < 1.29 is 9.53 Å². The van der Waals surface area contributed by atoms with Gasteiger partial charge in [0.1, 0.15) is 5.75 Å². The highest BCUT2D eigenvalue weighted by Gasteiger charge is 2.38. The molecular weight excluding hydrogens is 202 g/mol. The summed E-state index contributed by atoms with van der Waals surface area (Å²) in [5.74, 6) is 1.80. The van der Waals surface area contributed by atoms with Crippen molar-refractivity contribution in [2.75, 3.05) is 7.11 Å². The molecule has 86 valence electrons. The van der Waals surface area contributed by atoms with Gasteiger partial charge < -0.3 is 10.1 Å². The minimum atomic E-state index is 0.176. The number of amides is 1. The van der Waals surface area contributed by atoms with E-state index in [2.05, 4.69) is 12.2 Å². The van der Waals surface area contributed by atoms with Gasteiger partial charge in [0.15, 0.2) is 0 Å². The van der Waals surface area contributed by atoms with Crippen LogP contribution in [-0.2, 0) is 11.3 Å². The van der Waals surface area contributed by atoms with Gasteiger partial charge in [-0.15, -0.1) is 0 Å². The Morgan fingerprint density at radius 1 is 1.56 bits per heavy atom. The van der Waals surface area contributed by atoms with E-state index in [0.717, 1.165) is 17.7 Å². The number of ether oxygens (including phenoxy) is 1. The maximum atomic E-state index is 11.6. The fraction of sp³-hybridized carbons (Fsp3) is 0.462. The number of nitrogens with one attached hydrogen (secondary N) is 1. The molecule has 1 saturated carbocycles. The number of benzene rings is 1. The van der Waals surface area contributed by atoms with E-state index in [1.165, 1.54) is 0 Å². The SMILES string of the molecule is COc1cccc(CNC(=O)C2CC2C)c1. The first kappa shape index (κ1) is 11.0. The summed E-state index contributed by atoms with van der Waals surface area (Å²) in [5, 5.41) is 2.95. The molecule has 1 aromatic rings. The lowest BCUT2D eigenvalue weighted by Gasteiger charge is -2.06. The normalized spacial score (nSPS) is 22.6. The maximum Gasteiger partial charge on any atom is 0.223 e. The summed E-state index contributed by atoms with van der Waals surface area (Å²) in [5.41, 5.74) is 1.07. The third-order valence-corrected chi connectivity index (χ3v) is 3.05. The van der Waals surface area contributed by atoms with E-state index >= 15 is 0 Å². The number of rotatable bonds is 4. The molecule has 0 heterocycles. The molecule has 1 amide bonds. The summed E-state index contributed by atoms with van der Waals surface area (Å²) in [7, 11) is 1.64. The molecule has 2 atom stereocenters. The first-order chi connectivity index (χ1) is 7.70. The molecule has 1 aliphatic rings. The summed E-state index contributed by atoms with van der Waals surface area (Å²) < 4.78 is 5.13. The van der Waals surface area contributed by atoms with Crippen molar-refractivity contribution in [1.82, 2.24) is 5.32 Å². The average Bonchev–Trinajstić information content (AvgIpc) is 3.04. The number of carbonyl (C=O) groups is 1. The summed E-state index contributed by atoms with van der Waals surface area (Å²) in [6, 6.07) is 7.75. The van der Waals surface area contributed by atoms with Gasteiger partial charge in [-0.2, -0.15) is 0 Å². The van der Waals surface area contributed by atoms with Crippen molar-refractivity contribution in [2.45, 2.75) is 19.9 Å². The predicted molar refractivity (Wildman–Crippen MR) is 62.1 cm³/mol. The fourth-order valence-corrected chi connectivity index (χ4v) is 1.79. The Morgan fingerprint density at radius 3 is 2.94 bits per heavy atom. The topological polar surface area (TPSA) is 38.3 Å². The number of hydrogen-bond donors (Lipinski definition) is 1. The minimum Gasteiger partial charge on any atom is -0.497 e. The Balaban J connectivity index is 1.86. The molecule has 3 heteroatoms. The van der Waals surface area contributed by atoms with Crippen LogP contribution in [0.1, 0.15) is 18.9 Å². The second-order valence-corrected chi connectivity index (χ2v) is 4.39. The van der Waals surface area contributed by atoms with Gasteiger partial charge in [0.2, 0.25) is 5.91 Å². The van der Waals surface area contributed by atoms with Crippen molar-refractivity contribution in [1.29, 1.82) is 0 Å². The van der Waals surface area contributed by atoms with Crippen LogP contribution < -0.4 is 10.1 Å². The second-order valence-electron chi connectivity index (χ2n) is 4.39. The highest BCUT2D eigenvalue weighted by Crippen LogP contribution is 2.37. The Hall–Kier alpha value is -1.51. The second kappa shape index (κ2) is 4.56. The molecular formula is C13H17NO2. The van der Waals surface area contributed by atoms with Crippen molar-refractivity contribution in [2.24, 2.45) is 11.8 Å². The molecule has 2 unspecified atom stereocenters. The summed E-state index contributed by atoms with van der Waals surface area (Å²) in [6.45, 7) is 2.69. The van der Waals surface area contributed by atoms with E-state index in [4.69, 9.17) is 4.74 Å². The van der Waals surface area contributed by atoms with E-state index in [1.807, 2.05) is 24.3 Å². The lowest BCUT2D eigenvalue weighted by atomic mass is 10.2. The molecule has 16 heavy (non-hydrogen) atoms. The third kappa shape index (κ3) is 2.54. The van der Waals surface area contributed by atoms with Crippen LogP contribution in [0.5, 0.6) is 5.75 Å². The molecule has 0 spiro atoms. The Morgan fingerprint density at radius 2 is 2.31 bits per heavy atom. The lowest BCUT2D eigenvalue weighted by molar-refractivity contribution is -0.122. The zero-order valence-electron chi connectivity index (χ0n) is 9.69. The minimum absolute atomic E-state index is 0.176. The van der Waals surface area contributed by atoms with E-state index in [9.17, 15) is 4.79 Å². The Kier molecular flexibility index (Phi) is 3.13. The van der Waals surface area contributed by atoms with Crippen LogP contribution >= 0.6 is 0 Å². The van der Waals surface area contributed by atoms with Gasteiger partial charge in [-0.05, 0) is 30.0 Å². The third-order valence-electron chi connectivity index (χ3n) is 3.05. The Bertz CT molecular complexity index is 389. The molecule has 0 aromatic heterocycles. The number of carbonyl (C=O) groups excluding carboxylic acids is 1. The van der Waals surface area contributed by atoms with Crippen molar-refractivity contribution >= 4 is 5.91 Å².